The SMILES string of the molecule is Cc1c(C)c(C)[n+]([O-])c(Br)c1-c1snnc1-c1cc(O)c(O)c([N+](=O)[O-])c1. The lowest BCUT2D eigenvalue weighted by Gasteiger charge is -2.14. The fourth-order valence-corrected chi connectivity index (χ4v) is 4.39. The Morgan fingerprint density at radius 2 is 1.89 bits per heavy atom. The van der Waals surface area contributed by atoms with Crippen LogP contribution in [0, 0.1) is 36.1 Å². The Hall–Kier alpha value is -2.79. The van der Waals surface area contributed by atoms with Gasteiger partial charge in [-0.25, -0.2) is 0 Å². The van der Waals surface area contributed by atoms with Crippen molar-refractivity contribution in [1.29, 1.82) is 0 Å². The maximum absolute atomic E-state index is 12.4. The first-order chi connectivity index (χ1) is 12.6. The lowest BCUT2D eigenvalue weighted by molar-refractivity contribution is -0.623. The topological polar surface area (TPSA) is 136 Å². The van der Waals surface area contributed by atoms with Crippen LogP contribution in [-0.2, 0) is 0 Å². The van der Waals surface area contributed by atoms with Gasteiger partial charge in [-0.15, -0.1) is 5.10 Å². The number of phenols is 2. The Morgan fingerprint density at radius 1 is 1.22 bits per heavy atom. The van der Waals surface area contributed by atoms with E-state index in [-0.39, 0.29) is 15.9 Å². The third kappa shape index (κ3) is 2.98. The molecule has 0 bridgehead atoms. The van der Waals surface area contributed by atoms with Crippen LogP contribution in [0.15, 0.2) is 16.7 Å². The number of nitrogens with zero attached hydrogens (tertiary/aromatic N) is 4. The molecule has 2 aromatic heterocycles. The van der Waals surface area contributed by atoms with Gasteiger partial charge in [-0.3, -0.25) is 10.1 Å². The molecule has 3 aromatic rings. The molecule has 9 nitrogen and oxygen atoms in total. The summed E-state index contributed by atoms with van der Waals surface area (Å²) in [5, 5.41) is 47.1. The number of phenolic OH excluding ortho intramolecular Hbond substituents is 2. The molecule has 3 rings (SSSR count). The average Bonchev–Trinajstić information content (AvgIpc) is 3.09. The molecule has 11 heteroatoms. The molecule has 0 atom stereocenters. The van der Waals surface area contributed by atoms with E-state index < -0.39 is 22.1 Å². The van der Waals surface area contributed by atoms with Crippen LogP contribution < -0.4 is 4.73 Å². The first kappa shape index (κ1) is 19.0. The van der Waals surface area contributed by atoms with Gasteiger partial charge in [0.2, 0.25) is 5.75 Å². The third-order valence-electron chi connectivity index (χ3n) is 4.42. The highest BCUT2D eigenvalue weighted by molar-refractivity contribution is 9.10. The van der Waals surface area contributed by atoms with Gasteiger partial charge in [0.1, 0.15) is 5.69 Å². The normalized spacial score (nSPS) is 11.0. The van der Waals surface area contributed by atoms with Crippen LogP contribution in [0.4, 0.5) is 5.69 Å². The second-order valence-electron chi connectivity index (χ2n) is 5.87. The van der Waals surface area contributed by atoms with E-state index in [9.17, 15) is 25.5 Å². The monoisotopic (exact) mass is 452 g/mol. The van der Waals surface area contributed by atoms with Crippen molar-refractivity contribution in [1.82, 2.24) is 9.59 Å². The van der Waals surface area contributed by atoms with Crippen molar-refractivity contribution in [3.8, 4) is 33.2 Å². The van der Waals surface area contributed by atoms with Crippen molar-refractivity contribution < 1.29 is 19.9 Å². The van der Waals surface area contributed by atoms with E-state index in [0.29, 0.717) is 16.1 Å². The van der Waals surface area contributed by atoms with Crippen LogP contribution in [0.1, 0.15) is 16.8 Å². The predicted octanol–water partition coefficient (Wildman–Crippen LogP) is 3.51. The van der Waals surface area contributed by atoms with Crippen molar-refractivity contribution in [2.24, 2.45) is 0 Å². The molecule has 2 heterocycles. The largest absolute Gasteiger partial charge is 0.618 e. The molecule has 27 heavy (non-hydrogen) atoms. The third-order valence-corrected chi connectivity index (χ3v) is 5.89. The van der Waals surface area contributed by atoms with Crippen LogP contribution in [0.25, 0.3) is 21.7 Å². The summed E-state index contributed by atoms with van der Waals surface area (Å²) in [7, 11) is 0. The Labute approximate surface area is 165 Å². The van der Waals surface area contributed by atoms with Gasteiger partial charge in [0.15, 0.2) is 11.4 Å². The molecule has 0 aliphatic rings. The summed E-state index contributed by atoms with van der Waals surface area (Å²) in [6, 6.07) is 2.27. The Bertz CT molecular complexity index is 1070. The molecule has 0 aliphatic carbocycles. The van der Waals surface area contributed by atoms with Crippen molar-refractivity contribution in [3.63, 3.8) is 0 Å². The van der Waals surface area contributed by atoms with E-state index in [1.54, 1.807) is 6.92 Å². The van der Waals surface area contributed by atoms with Crippen molar-refractivity contribution in [2.75, 3.05) is 0 Å². The number of rotatable bonds is 3. The maximum atomic E-state index is 12.4. The molecule has 0 spiro atoms. The zero-order valence-electron chi connectivity index (χ0n) is 14.3. The number of nitro groups is 1. The molecule has 140 valence electrons. The second-order valence-corrected chi connectivity index (χ2v) is 7.37. The summed E-state index contributed by atoms with van der Waals surface area (Å²) >= 11 is 4.33. The Balaban J connectivity index is 2.31. The minimum absolute atomic E-state index is 0.197. The number of aromatic nitrogens is 3. The summed E-state index contributed by atoms with van der Waals surface area (Å²) < 4.78 is 4.93. The summed E-state index contributed by atoms with van der Waals surface area (Å²) in [5.41, 5.74) is 2.53. The summed E-state index contributed by atoms with van der Waals surface area (Å²) in [6.07, 6.45) is 0. The number of hydrogen-bond acceptors (Lipinski definition) is 8. The molecule has 0 radical (unpaired) electrons. The van der Waals surface area contributed by atoms with Crippen LogP contribution in [0.3, 0.4) is 0 Å². The number of hydrogen-bond donors (Lipinski definition) is 2. The predicted molar refractivity (Wildman–Crippen MR) is 102 cm³/mol. The van der Waals surface area contributed by atoms with Gasteiger partial charge in [0.25, 0.3) is 4.60 Å². The van der Waals surface area contributed by atoms with Crippen molar-refractivity contribution in [3.05, 3.63) is 48.9 Å². The molecule has 0 saturated carbocycles. The highest BCUT2D eigenvalue weighted by atomic mass is 79.9. The van der Waals surface area contributed by atoms with Gasteiger partial charge < -0.3 is 15.4 Å². The Kier molecular flexibility index (Phi) is 4.74. The second kappa shape index (κ2) is 6.74. The van der Waals surface area contributed by atoms with Crippen LogP contribution >= 0.6 is 27.5 Å². The van der Waals surface area contributed by atoms with Crippen LogP contribution in [-0.4, -0.2) is 24.7 Å². The zero-order valence-corrected chi connectivity index (χ0v) is 16.8. The Morgan fingerprint density at radius 3 is 2.52 bits per heavy atom. The van der Waals surface area contributed by atoms with E-state index in [1.165, 1.54) is 0 Å². The number of halogens is 1. The number of benzene rings is 1. The minimum atomic E-state index is -0.825. The van der Waals surface area contributed by atoms with Gasteiger partial charge in [-0.2, -0.15) is 4.73 Å². The standard InChI is InChI=1S/C16H13BrN4O5S/c1-6-7(2)12(16(17)20(24)8(6)3)15-13(18-19-27-15)9-4-10(21(25)26)14(23)11(22)5-9/h4-5,22-23H,1-3H3. The first-order valence-corrected chi connectivity index (χ1v) is 9.14. The van der Waals surface area contributed by atoms with Gasteiger partial charge in [0, 0.05) is 40.0 Å². The van der Waals surface area contributed by atoms with Gasteiger partial charge in [-0.1, -0.05) is 4.49 Å². The highest BCUT2D eigenvalue weighted by Crippen LogP contribution is 2.44. The fraction of sp³-hybridized carbons (Fsp3) is 0.188. The van der Waals surface area contributed by atoms with E-state index in [0.717, 1.165) is 39.5 Å². The first-order valence-electron chi connectivity index (χ1n) is 7.57. The van der Waals surface area contributed by atoms with Crippen molar-refractivity contribution >= 4 is 33.1 Å². The number of pyridine rings is 1. The maximum Gasteiger partial charge on any atom is 0.315 e. The smallest absolute Gasteiger partial charge is 0.315 e. The van der Waals surface area contributed by atoms with Gasteiger partial charge in [-0.05, 0) is 37.0 Å². The quantitative estimate of drug-likeness (QED) is 0.155. The molecular formula is C16H13BrN4O5S. The molecule has 1 aromatic carbocycles. The van der Waals surface area contributed by atoms with E-state index >= 15 is 0 Å². The molecule has 0 unspecified atom stereocenters. The zero-order chi connectivity index (χ0) is 20.0. The van der Waals surface area contributed by atoms with Crippen LogP contribution in [0.5, 0.6) is 11.5 Å². The minimum Gasteiger partial charge on any atom is -0.618 e. The fourth-order valence-electron chi connectivity index (χ4n) is 2.70. The van der Waals surface area contributed by atoms with Gasteiger partial charge in [0.05, 0.1) is 15.4 Å². The summed E-state index contributed by atoms with van der Waals surface area (Å²) in [4.78, 5) is 10.8. The lowest BCUT2D eigenvalue weighted by atomic mass is 10.00. The van der Waals surface area contributed by atoms with E-state index in [2.05, 4.69) is 25.5 Å². The molecule has 0 amide bonds. The van der Waals surface area contributed by atoms with E-state index in [1.807, 2.05) is 13.8 Å². The summed E-state index contributed by atoms with van der Waals surface area (Å²) in [6.45, 7) is 5.38. The number of nitro benzene ring substituents is 1. The average molecular weight is 453 g/mol. The number of aromatic hydroxyl groups is 2. The molecule has 2 N–H and O–H groups in total. The van der Waals surface area contributed by atoms with E-state index in [4.69, 9.17) is 0 Å². The molecule has 0 fully saturated rings. The van der Waals surface area contributed by atoms with Gasteiger partial charge >= 0.3 is 5.69 Å². The van der Waals surface area contributed by atoms with Crippen LogP contribution in [0.2, 0.25) is 0 Å². The molecule has 0 saturated heterocycles. The highest BCUT2D eigenvalue weighted by Gasteiger charge is 2.27. The lowest BCUT2D eigenvalue weighted by Crippen LogP contribution is -2.34. The molecule has 0 aliphatic heterocycles. The molecular weight excluding hydrogens is 440 g/mol. The summed E-state index contributed by atoms with van der Waals surface area (Å²) in [5.74, 6) is -1.47. The van der Waals surface area contributed by atoms with Crippen molar-refractivity contribution in [2.45, 2.75) is 20.8 Å².